The Hall–Kier alpha value is -2.22. The van der Waals surface area contributed by atoms with Crippen molar-refractivity contribution in [2.75, 3.05) is 0 Å². The van der Waals surface area contributed by atoms with E-state index in [4.69, 9.17) is 0 Å². The molecule has 0 bridgehead atoms. The molecule has 0 atom stereocenters. The predicted molar refractivity (Wildman–Crippen MR) is 204 cm³/mol. The Balaban J connectivity index is 0.000000276. The van der Waals surface area contributed by atoms with E-state index < -0.39 is 0 Å². The number of benzene rings is 4. The molecule has 0 aromatic heterocycles. The molecule has 0 aliphatic carbocycles. The van der Waals surface area contributed by atoms with Gasteiger partial charge >= 0.3 is 54.7 Å². The van der Waals surface area contributed by atoms with E-state index in [1.807, 2.05) is 0 Å². The molecule has 0 spiro atoms. The van der Waals surface area contributed by atoms with Crippen LogP contribution in [0.3, 0.4) is 0 Å². The van der Waals surface area contributed by atoms with Gasteiger partial charge in [-0.3, -0.25) is 0 Å². The summed E-state index contributed by atoms with van der Waals surface area (Å²) in [5.41, 5.74) is 11.3. The molecule has 0 saturated carbocycles. The molecular formula is C44H52Cl2SiZr-2. The maximum absolute atomic E-state index is 2.30. The van der Waals surface area contributed by atoms with Gasteiger partial charge in [-0.2, -0.15) is 12.1 Å². The average Bonchev–Trinajstić information content (AvgIpc) is 3.61. The Morgan fingerprint density at radius 3 is 1.15 bits per heavy atom. The molecule has 0 heterocycles. The van der Waals surface area contributed by atoms with Gasteiger partial charge in [0.25, 0.3) is 0 Å². The van der Waals surface area contributed by atoms with Crippen LogP contribution in [0, 0.1) is 13.8 Å². The fraction of sp³-hybridized carbons (Fsp3) is 0.318. The first-order valence-electron chi connectivity index (χ1n) is 16.8. The van der Waals surface area contributed by atoms with Crippen molar-refractivity contribution in [3.63, 3.8) is 0 Å². The Morgan fingerprint density at radius 2 is 0.875 bits per heavy atom. The van der Waals surface area contributed by atoms with E-state index in [2.05, 4.69) is 178 Å². The van der Waals surface area contributed by atoms with Crippen molar-refractivity contribution in [3.8, 4) is 22.3 Å². The Labute approximate surface area is 318 Å². The third-order valence-corrected chi connectivity index (χ3v) is 15.7. The van der Waals surface area contributed by atoms with Crippen molar-refractivity contribution in [2.24, 2.45) is 0 Å². The average molecular weight is 771 g/mol. The SMILES string of the molecule is CC[Si](=[Zr+2])CC.Cc1cc2c(-c3ccc(C(C)(C)C)cc3)cccc2[cH-]1.Cc1cc2c(-c3ccc(C(C)(C)C)cc3)cccc2[cH-]1.[Cl-].[Cl-]. The molecule has 0 amide bonds. The molecule has 0 aliphatic rings. The third-order valence-electron chi connectivity index (χ3n) is 8.77. The van der Waals surface area contributed by atoms with Crippen LogP contribution in [0.4, 0.5) is 0 Å². The standard InChI is InChI=1S/2C20H21.C4H10Si.2ClH.Zr/c2*1-14-12-16-6-5-7-18(19(16)13-14)15-8-10-17(11-9-15)20(2,3)4;1-3-5-4-2;;;/h2*5-13H,1-4H3;3-4H2,1-2H3;2*1H;/q2*-1;;;;+2/p-2. The van der Waals surface area contributed by atoms with Gasteiger partial charge in [0.2, 0.25) is 0 Å². The fourth-order valence-electron chi connectivity index (χ4n) is 5.82. The van der Waals surface area contributed by atoms with E-state index in [0.717, 1.165) is 0 Å². The summed E-state index contributed by atoms with van der Waals surface area (Å²) in [5, 5.41) is 5.38. The molecular weight excluding hydrogens is 719 g/mol. The summed E-state index contributed by atoms with van der Waals surface area (Å²) in [6, 6.07) is 43.1. The first-order valence-corrected chi connectivity index (χ1v) is 22.4. The van der Waals surface area contributed by atoms with Crippen LogP contribution in [-0.2, 0) is 34.2 Å². The summed E-state index contributed by atoms with van der Waals surface area (Å²) in [7, 11) is 0. The monoisotopic (exact) mass is 768 g/mol. The van der Waals surface area contributed by atoms with Crippen molar-refractivity contribution in [1.82, 2.24) is 0 Å². The molecule has 252 valence electrons. The summed E-state index contributed by atoms with van der Waals surface area (Å²) in [5.74, 6) is 0. The number of hydrogen-bond acceptors (Lipinski definition) is 0. The molecule has 6 aromatic rings. The van der Waals surface area contributed by atoms with Gasteiger partial charge in [0.05, 0.1) is 0 Å². The molecule has 6 rings (SSSR count). The summed E-state index contributed by atoms with van der Waals surface area (Å²) >= 11 is 1.80. The predicted octanol–water partition coefficient (Wildman–Crippen LogP) is 7.24. The van der Waals surface area contributed by atoms with E-state index in [9.17, 15) is 0 Å². The van der Waals surface area contributed by atoms with E-state index in [1.54, 1.807) is 23.3 Å². The summed E-state index contributed by atoms with van der Waals surface area (Å²) in [6.07, 6.45) is 0. The molecule has 0 N–H and O–H groups in total. The van der Waals surface area contributed by atoms with Crippen LogP contribution in [0.2, 0.25) is 12.1 Å². The van der Waals surface area contributed by atoms with Gasteiger partial charge in [0, 0.05) is 0 Å². The van der Waals surface area contributed by atoms with Gasteiger partial charge in [0.1, 0.15) is 0 Å². The Morgan fingerprint density at radius 1 is 0.542 bits per heavy atom. The molecule has 0 saturated heterocycles. The molecule has 0 aliphatic heterocycles. The Kier molecular flexibility index (Phi) is 15.9. The normalized spacial score (nSPS) is 11.1. The number of halogens is 2. The summed E-state index contributed by atoms with van der Waals surface area (Å²) < 4.78 is 0. The number of hydrogen-bond donors (Lipinski definition) is 0. The van der Waals surface area contributed by atoms with Gasteiger partial charge in [-0.25, -0.2) is 0 Å². The van der Waals surface area contributed by atoms with E-state index in [-0.39, 0.29) is 41.1 Å². The minimum Gasteiger partial charge on any atom is -1.00 e. The minimum absolute atomic E-state index is 0. The van der Waals surface area contributed by atoms with Crippen LogP contribution in [0.5, 0.6) is 0 Å². The van der Waals surface area contributed by atoms with Gasteiger partial charge in [-0.15, -0.1) is 69.1 Å². The van der Waals surface area contributed by atoms with Crippen molar-refractivity contribution in [2.45, 2.75) is 92.2 Å². The van der Waals surface area contributed by atoms with Gasteiger partial charge in [-0.1, -0.05) is 127 Å². The van der Waals surface area contributed by atoms with Crippen LogP contribution >= 0.6 is 0 Å². The topological polar surface area (TPSA) is 0 Å². The van der Waals surface area contributed by atoms with Crippen LogP contribution in [-0.4, -0.2) is 5.43 Å². The molecule has 0 nitrogen and oxygen atoms in total. The molecule has 6 aromatic carbocycles. The van der Waals surface area contributed by atoms with Crippen LogP contribution in [0.1, 0.15) is 77.6 Å². The third kappa shape index (κ3) is 10.9. The second-order valence-electron chi connectivity index (χ2n) is 14.6. The van der Waals surface area contributed by atoms with Crippen molar-refractivity contribution in [3.05, 3.63) is 131 Å². The molecule has 0 unspecified atom stereocenters. The molecule has 48 heavy (non-hydrogen) atoms. The second-order valence-corrected chi connectivity index (χ2v) is 22.5. The summed E-state index contributed by atoms with van der Waals surface area (Å²) in [4.78, 5) is 0. The fourth-order valence-corrected chi connectivity index (χ4v) is 6.32. The van der Waals surface area contributed by atoms with Gasteiger partial charge in [-0.05, 0) is 33.1 Å². The van der Waals surface area contributed by atoms with Crippen LogP contribution < -0.4 is 24.8 Å². The van der Waals surface area contributed by atoms with Gasteiger partial charge < -0.3 is 24.8 Å². The first kappa shape index (κ1) is 41.9. The van der Waals surface area contributed by atoms with E-state index in [1.165, 1.54) is 78.1 Å². The maximum Gasteiger partial charge on any atom is -0.0132 e. The number of aryl methyl sites for hydroxylation is 2. The maximum atomic E-state index is 2.30. The smallest absolute Gasteiger partial charge is 0.0132 e. The van der Waals surface area contributed by atoms with Crippen molar-refractivity contribution >= 4 is 27.0 Å². The zero-order valence-corrected chi connectivity index (χ0v) is 35.5. The molecule has 4 heteroatoms. The van der Waals surface area contributed by atoms with E-state index in [0.29, 0.717) is 0 Å². The number of rotatable bonds is 4. The van der Waals surface area contributed by atoms with E-state index >= 15 is 0 Å². The zero-order chi connectivity index (χ0) is 33.6. The second kappa shape index (κ2) is 18.1. The van der Waals surface area contributed by atoms with Crippen LogP contribution in [0.25, 0.3) is 43.8 Å². The van der Waals surface area contributed by atoms with Crippen LogP contribution in [0.15, 0.2) is 109 Å². The minimum atomic E-state index is 0. The van der Waals surface area contributed by atoms with Gasteiger partial charge in [0.15, 0.2) is 0 Å². The Bertz CT molecular complexity index is 1750. The van der Waals surface area contributed by atoms with Crippen molar-refractivity contribution in [1.29, 1.82) is 0 Å². The molecule has 0 radical (unpaired) electrons. The number of fused-ring (bicyclic) bond motifs is 2. The van der Waals surface area contributed by atoms with Crippen molar-refractivity contribution < 1.29 is 48.1 Å². The summed E-state index contributed by atoms with van der Waals surface area (Å²) in [6.45, 7) is 22.4. The zero-order valence-electron chi connectivity index (χ0n) is 30.6. The largest absolute Gasteiger partial charge is 1.00 e. The quantitative estimate of drug-likeness (QED) is 0.131. The molecule has 0 fully saturated rings. The first-order chi connectivity index (χ1) is 21.7.